The third-order valence-corrected chi connectivity index (χ3v) is 5.02. The molecule has 9 heteroatoms. The van der Waals surface area contributed by atoms with Gasteiger partial charge in [-0.05, 0) is 31.9 Å². The Morgan fingerprint density at radius 1 is 1.17 bits per heavy atom. The topological polar surface area (TPSA) is 120 Å². The predicted octanol–water partition coefficient (Wildman–Crippen LogP) is 1.51. The van der Waals surface area contributed by atoms with Crippen LogP contribution < -0.4 is 5.32 Å². The van der Waals surface area contributed by atoms with E-state index in [9.17, 15) is 9.59 Å². The first-order chi connectivity index (χ1) is 13.9. The number of imidazole rings is 1. The van der Waals surface area contributed by atoms with E-state index in [1.807, 2.05) is 38.1 Å². The molecule has 3 N–H and O–H groups in total. The van der Waals surface area contributed by atoms with Crippen molar-refractivity contribution in [2.24, 2.45) is 0 Å². The van der Waals surface area contributed by atoms with Crippen molar-refractivity contribution in [3.05, 3.63) is 64.3 Å². The highest BCUT2D eigenvalue weighted by Crippen LogP contribution is 2.27. The molecule has 1 unspecified atom stereocenters. The van der Waals surface area contributed by atoms with Crippen molar-refractivity contribution < 1.29 is 9.59 Å². The molecule has 3 heterocycles. The van der Waals surface area contributed by atoms with E-state index in [0.29, 0.717) is 36.3 Å². The van der Waals surface area contributed by atoms with Crippen LogP contribution in [0, 0.1) is 20.8 Å². The van der Waals surface area contributed by atoms with Crippen LogP contribution in [0.15, 0.2) is 24.3 Å². The summed E-state index contributed by atoms with van der Waals surface area (Å²) in [7, 11) is 0. The van der Waals surface area contributed by atoms with Gasteiger partial charge in [0.25, 0.3) is 5.91 Å². The summed E-state index contributed by atoms with van der Waals surface area (Å²) < 4.78 is 0. The molecule has 0 spiro atoms. The number of amides is 2. The first-order valence-electron chi connectivity index (χ1n) is 9.48. The largest absolute Gasteiger partial charge is 0.346 e. The fourth-order valence-electron chi connectivity index (χ4n) is 3.69. The molecule has 0 radical (unpaired) electrons. The molecule has 3 aromatic rings. The summed E-state index contributed by atoms with van der Waals surface area (Å²) in [5, 5.41) is 9.85. The van der Waals surface area contributed by atoms with E-state index in [1.54, 1.807) is 11.8 Å². The van der Waals surface area contributed by atoms with E-state index in [1.165, 1.54) is 0 Å². The number of hydrogen-bond donors (Lipinski definition) is 3. The third-order valence-electron chi connectivity index (χ3n) is 5.02. The number of carbonyl (C=O) groups is 2. The summed E-state index contributed by atoms with van der Waals surface area (Å²) in [5.41, 5.74) is 3.12. The highest BCUT2D eigenvalue weighted by molar-refractivity contribution is 5.93. The van der Waals surface area contributed by atoms with Crippen LogP contribution in [0.4, 0.5) is 0 Å². The zero-order chi connectivity index (χ0) is 20.5. The first-order valence-corrected chi connectivity index (χ1v) is 9.48. The van der Waals surface area contributed by atoms with Crippen LogP contribution >= 0.6 is 0 Å². The van der Waals surface area contributed by atoms with Gasteiger partial charge in [0, 0.05) is 18.8 Å². The minimum Gasteiger partial charge on any atom is -0.346 e. The number of hydrogen-bond acceptors (Lipinski definition) is 5. The maximum atomic E-state index is 12.8. The quantitative estimate of drug-likeness (QED) is 0.621. The summed E-state index contributed by atoms with van der Waals surface area (Å²) in [6.45, 7) is 6.30. The minimum absolute atomic E-state index is 0.0791. The van der Waals surface area contributed by atoms with Crippen LogP contribution in [0.2, 0.25) is 0 Å². The number of H-pyrrole nitrogens is 2. The summed E-state index contributed by atoms with van der Waals surface area (Å²) in [4.78, 5) is 38.9. The molecule has 0 saturated carbocycles. The van der Waals surface area contributed by atoms with Crippen molar-refractivity contribution >= 4 is 11.8 Å². The van der Waals surface area contributed by atoms with Gasteiger partial charge in [-0.25, -0.2) is 9.97 Å². The van der Waals surface area contributed by atoms with Crippen LogP contribution in [-0.2, 0) is 17.8 Å². The molecule has 150 valence electrons. The standard InChI is InChI=1S/C20H23N7O2/c1-11-19(23-12(2)21-11)20(29)24-16-10-27(9-14-6-4-5-7-15(14)16)18(28)8-17-22-13(3)25-26-17/h4-7,16H,8-10H2,1-3H3,(H,21,23)(H,24,29)(H,22,25,26). The molecule has 4 rings (SSSR count). The number of aromatic amines is 2. The second kappa shape index (κ2) is 7.50. The van der Waals surface area contributed by atoms with Gasteiger partial charge in [0.1, 0.15) is 17.3 Å². The van der Waals surface area contributed by atoms with Gasteiger partial charge in [-0.3, -0.25) is 14.7 Å². The Labute approximate surface area is 168 Å². The van der Waals surface area contributed by atoms with Gasteiger partial charge in [-0.2, -0.15) is 5.10 Å². The van der Waals surface area contributed by atoms with Gasteiger partial charge < -0.3 is 15.2 Å². The van der Waals surface area contributed by atoms with E-state index in [-0.39, 0.29) is 24.3 Å². The Kier molecular flexibility index (Phi) is 4.87. The molecule has 1 aliphatic rings. The molecule has 0 fully saturated rings. The maximum absolute atomic E-state index is 12.8. The molecule has 1 aromatic carbocycles. The second-order valence-corrected chi connectivity index (χ2v) is 7.31. The number of benzene rings is 1. The zero-order valence-corrected chi connectivity index (χ0v) is 16.6. The smallest absolute Gasteiger partial charge is 0.272 e. The summed E-state index contributed by atoms with van der Waals surface area (Å²) in [5.74, 6) is 1.49. The molecule has 0 saturated heterocycles. The molecule has 0 aliphatic carbocycles. The van der Waals surface area contributed by atoms with Crippen LogP contribution in [-0.4, -0.2) is 48.4 Å². The lowest BCUT2D eigenvalue weighted by Gasteiger charge is -2.35. The lowest BCUT2D eigenvalue weighted by molar-refractivity contribution is -0.132. The predicted molar refractivity (Wildman–Crippen MR) is 105 cm³/mol. The lowest BCUT2D eigenvalue weighted by atomic mass is 9.95. The number of carbonyl (C=O) groups excluding carboxylic acids is 2. The monoisotopic (exact) mass is 393 g/mol. The normalized spacial score (nSPS) is 15.8. The average Bonchev–Trinajstić information content (AvgIpc) is 3.25. The van der Waals surface area contributed by atoms with E-state index in [2.05, 4.69) is 30.5 Å². The highest BCUT2D eigenvalue weighted by atomic mass is 16.2. The Morgan fingerprint density at radius 3 is 2.66 bits per heavy atom. The van der Waals surface area contributed by atoms with Crippen molar-refractivity contribution in [3.63, 3.8) is 0 Å². The molecule has 1 atom stereocenters. The Morgan fingerprint density at radius 2 is 1.97 bits per heavy atom. The van der Waals surface area contributed by atoms with Gasteiger partial charge in [-0.1, -0.05) is 24.3 Å². The molecule has 1 aliphatic heterocycles. The van der Waals surface area contributed by atoms with Gasteiger partial charge >= 0.3 is 0 Å². The molecular formula is C20H23N7O2. The van der Waals surface area contributed by atoms with Crippen molar-refractivity contribution in [3.8, 4) is 0 Å². The summed E-state index contributed by atoms with van der Waals surface area (Å²) in [6, 6.07) is 7.53. The fourth-order valence-corrected chi connectivity index (χ4v) is 3.69. The summed E-state index contributed by atoms with van der Waals surface area (Å²) >= 11 is 0. The molecule has 29 heavy (non-hydrogen) atoms. The van der Waals surface area contributed by atoms with Crippen LogP contribution in [0.5, 0.6) is 0 Å². The lowest BCUT2D eigenvalue weighted by Crippen LogP contribution is -2.45. The fraction of sp³-hybridized carbons (Fsp3) is 0.350. The first kappa shape index (κ1) is 18.9. The summed E-state index contributed by atoms with van der Waals surface area (Å²) in [6.07, 6.45) is 0.116. The van der Waals surface area contributed by atoms with E-state index in [4.69, 9.17) is 0 Å². The third kappa shape index (κ3) is 3.89. The average molecular weight is 393 g/mol. The molecule has 2 aromatic heterocycles. The number of nitrogens with zero attached hydrogens (tertiary/aromatic N) is 4. The van der Waals surface area contributed by atoms with Gasteiger partial charge in [0.05, 0.1) is 12.5 Å². The Balaban J connectivity index is 1.55. The molecular weight excluding hydrogens is 370 g/mol. The Hall–Kier alpha value is -3.49. The van der Waals surface area contributed by atoms with Crippen molar-refractivity contribution in [2.45, 2.75) is 39.8 Å². The number of fused-ring (bicyclic) bond motifs is 1. The van der Waals surface area contributed by atoms with Gasteiger partial charge in [0.2, 0.25) is 5.91 Å². The zero-order valence-electron chi connectivity index (χ0n) is 16.6. The van der Waals surface area contributed by atoms with Crippen LogP contribution in [0.3, 0.4) is 0 Å². The van der Waals surface area contributed by atoms with E-state index in [0.717, 1.165) is 16.8 Å². The van der Waals surface area contributed by atoms with Gasteiger partial charge in [-0.15, -0.1) is 0 Å². The number of rotatable bonds is 4. The SMILES string of the molecule is Cc1nc(CC(=O)N2Cc3ccccc3C(NC(=O)c3nc(C)[nH]c3C)C2)n[nH]1. The van der Waals surface area contributed by atoms with Crippen molar-refractivity contribution in [1.82, 2.24) is 35.4 Å². The molecule has 9 nitrogen and oxygen atoms in total. The van der Waals surface area contributed by atoms with E-state index >= 15 is 0 Å². The highest BCUT2D eigenvalue weighted by Gasteiger charge is 2.30. The number of nitrogens with one attached hydrogen (secondary N) is 3. The van der Waals surface area contributed by atoms with Crippen LogP contribution in [0.1, 0.15) is 50.8 Å². The molecule has 0 bridgehead atoms. The van der Waals surface area contributed by atoms with Crippen LogP contribution in [0.25, 0.3) is 0 Å². The van der Waals surface area contributed by atoms with E-state index < -0.39 is 0 Å². The van der Waals surface area contributed by atoms with Crippen molar-refractivity contribution in [2.75, 3.05) is 6.54 Å². The van der Waals surface area contributed by atoms with Crippen molar-refractivity contribution in [1.29, 1.82) is 0 Å². The van der Waals surface area contributed by atoms with Gasteiger partial charge in [0.15, 0.2) is 5.82 Å². The second-order valence-electron chi connectivity index (χ2n) is 7.31. The minimum atomic E-state index is -0.318. The maximum Gasteiger partial charge on any atom is 0.272 e. The number of aryl methyl sites for hydroxylation is 3. The Bertz CT molecular complexity index is 1070. The molecule has 2 amide bonds. The number of aromatic nitrogens is 5.